The molecule has 0 bridgehead atoms. The molecule has 1 heterocycles. The van der Waals surface area contributed by atoms with Gasteiger partial charge in [-0.05, 0) is 39.0 Å². The predicted molar refractivity (Wildman–Crippen MR) is 79.7 cm³/mol. The molecular formula is C16H17N3O2. The first-order chi connectivity index (χ1) is 9.89. The van der Waals surface area contributed by atoms with Gasteiger partial charge in [0, 0.05) is 11.1 Å². The smallest absolute Gasteiger partial charge is 0.182 e. The van der Waals surface area contributed by atoms with Crippen LogP contribution in [-0.4, -0.2) is 22.6 Å². The van der Waals surface area contributed by atoms with Gasteiger partial charge in [-0.1, -0.05) is 5.92 Å². The topological polar surface area (TPSA) is 77.6 Å². The molecule has 0 saturated carbocycles. The molecule has 2 rings (SSSR count). The van der Waals surface area contributed by atoms with Gasteiger partial charge in [-0.15, -0.1) is 6.42 Å². The summed E-state index contributed by atoms with van der Waals surface area (Å²) in [5.74, 6) is 3.63. The number of nitrogens with zero attached hydrogens (tertiary/aromatic N) is 2. The molecule has 0 spiro atoms. The Morgan fingerprint density at radius 1 is 1.52 bits per heavy atom. The Balaban J connectivity index is 2.55. The minimum atomic E-state index is -0.853. The number of terminal acetylenes is 1. The van der Waals surface area contributed by atoms with Crippen LogP contribution in [0.2, 0.25) is 0 Å². The highest BCUT2D eigenvalue weighted by Gasteiger charge is 2.43. The molecule has 0 aliphatic carbocycles. The van der Waals surface area contributed by atoms with Crippen molar-refractivity contribution in [1.82, 2.24) is 5.32 Å². The summed E-state index contributed by atoms with van der Waals surface area (Å²) in [4.78, 5) is 4.40. The molecule has 5 nitrogen and oxygen atoms in total. The number of rotatable bonds is 1. The average Bonchev–Trinajstić information content (AvgIpc) is 2.43. The van der Waals surface area contributed by atoms with Gasteiger partial charge in [0.05, 0.1) is 0 Å². The molecule has 1 aliphatic heterocycles. The minimum Gasteiger partial charge on any atom is -0.485 e. The molecule has 5 heteroatoms. The second kappa shape index (κ2) is 5.47. The summed E-state index contributed by atoms with van der Waals surface area (Å²) in [6.45, 7) is 5.26. The molecule has 1 aliphatic rings. The van der Waals surface area contributed by atoms with Crippen LogP contribution in [0.15, 0.2) is 23.2 Å². The summed E-state index contributed by atoms with van der Waals surface area (Å²) in [5, 5.41) is 21.6. The highest BCUT2D eigenvalue weighted by atomic mass is 16.5. The van der Waals surface area contributed by atoms with Crippen LogP contribution in [0.4, 0.5) is 0 Å². The average molecular weight is 283 g/mol. The number of hydrogen-bond donors (Lipinski definition) is 2. The molecule has 0 unspecified atom stereocenters. The molecule has 1 aromatic carbocycles. The van der Waals surface area contributed by atoms with E-state index in [9.17, 15) is 5.11 Å². The second-order valence-corrected chi connectivity index (χ2v) is 5.44. The fourth-order valence-electron chi connectivity index (χ4n) is 2.32. The second-order valence-electron chi connectivity index (χ2n) is 5.44. The van der Waals surface area contributed by atoms with Gasteiger partial charge >= 0.3 is 0 Å². The van der Waals surface area contributed by atoms with E-state index in [0.717, 1.165) is 5.56 Å². The molecule has 1 aromatic rings. The van der Waals surface area contributed by atoms with Gasteiger partial charge in [-0.25, -0.2) is 0 Å². The zero-order chi connectivity index (χ0) is 15.6. The van der Waals surface area contributed by atoms with E-state index in [2.05, 4.69) is 16.2 Å². The third kappa shape index (κ3) is 2.84. The molecule has 0 fully saturated rings. The first-order valence-corrected chi connectivity index (χ1v) is 6.56. The lowest BCUT2D eigenvalue weighted by Crippen LogP contribution is -2.48. The van der Waals surface area contributed by atoms with Crippen molar-refractivity contribution in [3.63, 3.8) is 0 Å². The Morgan fingerprint density at radius 2 is 2.24 bits per heavy atom. The van der Waals surface area contributed by atoms with E-state index in [1.807, 2.05) is 6.19 Å². The molecule has 0 aromatic heterocycles. The number of nitriles is 1. The van der Waals surface area contributed by atoms with Crippen molar-refractivity contribution >= 4 is 5.84 Å². The zero-order valence-corrected chi connectivity index (χ0v) is 12.2. The maximum absolute atomic E-state index is 10.5. The number of aliphatic hydroxyl groups excluding tert-OH is 1. The fourth-order valence-corrected chi connectivity index (χ4v) is 2.32. The summed E-state index contributed by atoms with van der Waals surface area (Å²) >= 11 is 0. The van der Waals surface area contributed by atoms with Crippen LogP contribution in [0.25, 0.3) is 0 Å². The molecule has 2 atom stereocenters. The maximum atomic E-state index is 10.5. The highest BCUT2D eigenvalue weighted by Crippen LogP contribution is 2.42. The van der Waals surface area contributed by atoms with E-state index in [1.165, 1.54) is 0 Å². The third-order valence-electron chi connectivity index (χ3n) is 3.45. The number of aliphatic hydroxyl groups is 1. The lowest BCUT2D eigenvalue weighted by molar-refractivity contribution is -0.0567. The summed E-state index contributed by atoms with van der Waals surface area (Å²) in [5.41, 5.74) is 0.623. The standard InChI is InChI=1S/C16H17N3O2/c1-5-11-6-7-13-12(8-11)14(19-10(2)18-9-17)15(20)16(3,4)21-13/h1,6-8,14-15,20H,2-4H3,(H,18,19)/t14-,15+/m0/s1. The molecule has 21 heavy (non-hydrogen) atoms. The quantitative estimate of drug-likeness (QED) is 0.270. The van der Waals surface area contributed by atoms with Crippen molar-refractivity contribution in [3.8, 4) is 24.3 Å². The molecule has 0 saturated heterocycles. The van der Waals surface area contributed by atoms with Gasteiger partial charge in [0.1, 0.15) is 29.3 Å². The summed E-state index contributed by atoms with van der Waals surface area (Å²) in [7, 11) is 0. The Hall–Kier alpha value is -2.50. The van der Waals surface area contributed by atoms with Gasteiger partial charge in [-0.3, -0.25) is 10.3 Å². The molecule has 0 radical (unpaired) electrons. The van der Waals surface area contributed by atoms with Crippen molar-refractivity contribution in [2.45, 2.75) is 38.5 Å². The van der Waals surface area contributed by atoms with Crippen molar-refractivity contribution in [2.24, 2.45) is 4.99 Å². The summed E-state index contributed by atoms with van der Waals surface area (Å²) < 4.78 is 5.83. The Morgan fingerprint density at radius 3 is 2.86 bits per heavy atom. The predicted octanol–water partition coefficient (Wildman–Crippen LogP) is 1.73. The Kier molecular flexibility index (Phi) is 3.88. The number of ether oxygens (including phenoxy) is 1. The number of nitrogens with one attached hydrogen (secondary N) is 1. The van der Waals surface area contributed by atoms with Gasteiger partial charge in [-0.2, -0.15) is 5.26 Å². The lowest BCUT2D eigenvalue weighted by Gasteiger charge is -2.40. The van der Waals surface area contributed by atoms with Gasteiger partial charge in [0.2, 0.25) is 0 Å². The van der Waals surface area contributed by atoms with Crippen molar-refractivity contribution in [2.75, 3.05) is 0 Å². The van der Waals surface area contributed by atoms with Crippen LogP contribution < -0.4 is 10.1 Å². The Bertz CT molecular complexity index is 665. The molecular weight excluding hydrogens is 266 g/mol. The largest absolute Gasteiger partial charge is 0.485 e. The van der Waals surface area contributed by atoms with Crippen LogP contribution >= 0.6 is 0 Å². The first-order valence-electron chi connectivity index (χ1n) is 6.56. The van der Waals surface area contributed by atoms with E-state index in [0.29, 0.717) is 17.1 Å². The SMILES string of the molecule is C#Cc1ccc2c(c1)[C@H](N=C(C)NC#N)[C@@H](O)C(C)(C)O2. The van der Waals surface area contributed by atoms with E-state index in [4.69, 9.17) is 16.4 Å². The van der Waals surface area contributed by atoms with Crippen LogP contribution in [0.5, 0.6) is 5.75 Å². The van der Waals surface area contributed by atoms with Crippen LogP contribution in [0.3, 0.4) is 0 Å². The van der Waals surface area contributed by atoms with Gasteiger partial charge < -0.3 is 9.84 Å². The van der Waals surface area contributed by atoms with Crippen LogP contribution in [-0.2, 0) is 0 Å². The normalized spacial score (nSPS) is 23.2. The number of benzene rings is 1. The van der Waals surface area contributed by atoms with E-state index < -0.39 is 17.7 Å². The molecule has 108 valence electrons. The number of amidine groups is 1. The highest BCUT2D eigenvalue weighted by molar-refractivity contribution is 5.81. The van der Waals surface area contributed by atoms with E-state index >= 15 is 0 Å². The van der Waals surface area contributed by atoms with E-state index in [1.54, 1.807) is 39.0 Å². The Labute approximate surface area is 124 Å². The number of hydrogen-bond acceptors (Lipinski definition) is 4. The minimum absolute atomic E-state index is 0.427. The van der Waals surface area contributed by atoms with Crippen LogP contribution in [0.1, 0.15) is 37.9 Å². The molecule has 2 N–H and O–H groups in total. The lowest BCUT2D eigenvalue weighted by atomic mass is 9.86. The first kappa shape index (κ1) is 14.9. The third-order valence-corrected chi connectivity index (χ3v) is 3.45. The maximum Gasteiger partial charge on any atom is 0.182 e. The monoisotopic (exact) mass is 283 g/mol. The van der Waals surface area contributed by atoms with Crippen LogP contribution in [0, 0.1) is 23.8 Å². The van der Waals surface area contributed by atoms with Gasteiger partial charge in [0.25, 0.3) is 0 Å². The van der Waals surface area contributed by atoms with Crippen molar-refractivity contribution in [1.29, 1.82) is 5.26 Å². The fraction of sp³-hybridized carbons (Fsp3) is 0.375. The number of fused-ring (bicyclic) bond motifs is 1. The summed E-state index contributed by atoms with van der Waals surface area (Å²) in [6.07, 6.45) is 6.38. The number of aliphatic imine (C=N–C) groups is 1. The zero-order valence-electron chi connectivity index (χ0n) is 12.2. The van der Waals surface area contributed by atoms with E-state index in [-0.39, 0.29) is 0 Å². The molecule has 0 amide bonds. The van der Waals surface area contributed by atoms with Crippen molar-refractivity contribution in [3.05, 3.63) is 29.3 Å². The summed E-state index contributed by atoms with van der Waals surface area (Å²) in [6, 6.07) is 4.81. The van der Waals surface area contributed by atoms with Gasteiger partial charge in [0.15, 0.2) is 6.19 Å². The van der Waals surface area contributed by atoms with Crippen molar-refractivity contribution < 1.29 is 9.84 Å².